The van der Waals surface area contributed by atoms with Gasteiger partial charge >= 0.3 is 0 Å². The molecule has 0 bridgehead atoms. The van der Waals surface area contributed by atoms with Gasteiger partial charge < -0.3 is 0 Å². The first-order valence-corrected chi connectivity index (χ1v) is 8.05. The number of halogens is 1. The van der Waals surface area contributed by atoms with Crippen molar-refractivity contribution in [3.63, 3.8) is 0 Å². The molecule has 0 amide bonds. The van der Waals surface area contributed by atoms with Crippen LogP contribution in [0.25, 0.3) is 0 Å². The number of rotatable bonds is 4. The van der Waals surface area contributed by atoms with E-state index in [-0.39, 0.29) is 0 Å². The van der Waals surface area contributed by atoms with Crippen LogP contribution < -0.4 is 0 Å². The third-order valence-electron chi connectivity index (χ3n) is 3.06. The van der Waals surface area contributed by atoms with Gasteiger partial charge in [0.15, 0.2) is 0 Å². The van der Waals surface area contributed by atoms with E-state index in [1.165, 1.54) is 0 Å². The molecule has 0 radical (unpaired) electrons. The molecule has 0 heterocycles. The summed E-state index contributed by atoms with van der Waals surface area (Å²) in [6, 6.07) is 15.0. The fraction of sp³-hybridized carbons (Fsp3) is 0.188. The highest BCUT2D eigenvalue weighted by Gasteiger charge is 2.08. The van der Waals surface area contributed by atoms with E-state index in [9.17, 15) is 4.21 Å². The molecule has 0 saturated heterocycles. The third kappa shape index (κ3) is 3.69. The Labute approximate surface area is 126 Å². The zero-order valence-electron chi connectivity index (χ0n) is 11.1. The maximum atomic E-state index is 12.2. The topological polar surface area (TPSA) is 40.9 Å². The number of nitriles is 1. The van der Waals surface area contributed by atoms with Crippen LogP contribution in [-0.4, -0.2) is 4.21 Å². The highest BCUT2D eigenvalue weighted by molar-refractivity contribution is 7.83. The lowest BCUT2D eigenvalue weighted by Crippen LogP contribution is -2.02. The highest BCUT2D eigenvalue weighted by atomic mass is 35.5. The summed E-state index contributed by atoms with van der Waals surface area (Å²) in [5.41, 5.74) is 3.54. The van der Waals surface area contributed by atoms with Gasteiger partial charge in [0.25, 0.3) is 0 Å². The zero-order valence-corrected chi connectivity index (χ0v) is 12.7. The second-order valence-electron chi connectivity index (χ2n) is 4.57. The molecule has 102 valence electrons. The first-order valence-electron chi connectivity index (χ1n) is 6.18. The van der Waals surface area contributed by atoms with Crippen LogP contribution in [0.15, 0.2) is 42.5 Å². The molecule has 2 rings (SSSR count). The van der Waals surface area contributed by atoms with Crippen LogP contribution >= 0.6 is 11.6 Å². The van der Waals surface area contributed by atoms with Crippen LogP contribution in [0.2, 0.25) is 5.02 Å². The highest BCUT2D eigenvalue weighted by Crippen LogP contribution is 2.19. The molecule has 20 heavy (non-hydrogen) atoms. The molecule has 0 N–H and O–H groups in total. The van der Waals surface area contributed by atoms with E-state index in [0.29, 0.717) is 22.1 Å². The molecule has 0 saturated carbocycles. The quantitative estimate of drug-likeness (QED) is 0.857. The average Bonchev–Trinajstić information content (AvgIpc) is 2.43. The summed E-state index contributed by atoms with van der Waals surface area (Å²) in [5.74, 6) is 0.919. The van der Waals surface area contributed by atoms with Gasteiger partial charge in [-0.1, -0.05) is 35.9 Å². The maximum Gasteiger partial charge on any atom is 0.0991 e. The normalized spacial score (nSPS) is 11.8. The van der Waals surface area contributed by atoms with Crippen molar-refractivity contribution in [2.24, 2.45) is 0 Å². The van der Waals surface area contributed by atoms with Crippen LogP contribution in [0.3, 0.4) is 0 Å². The Hall–Kier alpha value is -1.63. The van der Waals surface area contributed by atoms with Gasteiger partial charge in [0.05, 0.1) is 17.4 Å². The Morgan fingerprint density at radius 3 is 2.50 bits per heavy atom. The molecule has 2 aromatic rings. The Balaban J connectivity index is 2.09. The van der Waals surface area contributed by atoms with Crippen molar-refractivity contribution in [3.8, 4) is 6.07 Å². The second kappa shape index (κ2) is 6.69. The minimum atomic E-state index is -1.02. The molecule has 0 aliphatic carbocycles. The van der Waals surface area contributed by atoms with E-state index >= 15 is 0 Å². The van der Waals surface area contributed by atoms with E-state index in [0.717, 1.165) is 16.7 Å². The standard InChI is InChI=1S/C16H14ClNOS/c1-12-8-13(9-18)6-7-14(12)10-20(19)11-15-4-2-3-5-16(15)17/h2-8H,10-11H2,1H3. The van der Waals surface area contributed by atoms with Crippen LogP contribution in [-0.2, 0) is 22.3 Å². The number of aryl methyl sites for hydroxylation is 1. The maximum absolute atomic E-state index is 12.2. The summed E-state index contributed by atoms with van der Waals surface area (Å²) in [6.07, 6.45) is 0. The smallest absolute Gasteiger partial charge is 0.0991 e. The monoisotopic (exact) mass is 303 g/mol. The molecule has 0 aliphatic rings. The van der Waals surface area contributed by atoms with Crippen molar-refractivity contribution in [2.75, 3.05) is 0 Å². The Morgan fingerprint density at radius 1 is 1.15 bits per heavy atom. The molecule has 0 aromatic heterocycles. The molecule has 1 atom stereocenters. The summed E-state index contributed by atoms with van der Waals surface area (Å²) in [5, 5.41) is 9.49. The van der Waals surface area contributed by atoms with Crippen LogP contribution in [0.1, 0.15) is 22.3 Å². The summed E-state index contributed by atoms with van der Waals surface area (Å²) in [4.78, 5) is 0. The van der Waals surface area contributed by atoms with Crippen molar-refractivity contribution in [2.45, 2.75) is 18.4 Å². The minimum absolute atomic E-state index is 0.444. The van der Waals surface area contributed by atoms with Gasteiger partial charge in [-0.05, 0) is 41.8 Å². The van der Waals surface area contributed by atoms with E-state index in [1.54, 1.807) is 12.1 Å². The van der Waals surface area contributed by atoms with Crippen LogP contribution in [0, 0.1) is 18.3 Å². The first kappa shape index (κ1) is 14.8. The fourth-order valence-electron chi connectivity index (χ4n) is 1.94. The number of hydrogen-bond acceptors (Lipinski definition) is 2. The molecule has 4 heteroatoms. The minimum Gasteiger partial charge on any atom is -0.259 e. The summed E-state index contributed by atoms with van der Waals surface area (Å²) in [7, 11) is -1.02. The fourth-order valence-corrected chi connectivity index (χ4v) is 3.59. The molecule has 0 aliphatic heterocycles. The molecule has 2 aromatic carbocycles. The SMILES string of the molecule is Cc1cc(C#N)ccc1CS(=O)Cc1ccccc1Cl. The number of hydrogen-bond donors (Lipinski definition) is 0. The lowest BCUT2D eigenvalue weighted by molar-refractivity contribution is 0.682. The van der Waals surface area contributed by atoms with Gasteiger partial charge in [0.1, 0.15) is 0 Å². The molecular formula is C16H14ClNOS. The van der Waals surface area contributed by atoms with Gasteiger partial charge in [0.2, 0.25) is 0 Å². The molecular weight excluding hydrogens is 290 g/mol. The molecule has 0 fully saturated rings. The summed E-state index contributed by atoms with van der Waals surface area (Å²) < 4.78 is 12.2. The van der Waals surface area contributed by atoms with Crippen molar-refractivity contribution in [1.29, 1.82) is 5.26 Å². The predicted octanol–water partition coefficient (Wildman–Crippen LogP) is 3.97. The van der Waals surface area contributed by atoms with E-state index < -0.39 is 10.8 Å². The van der Waals surface area contributed by atoms with E-state index in [1.807, 2.05) is 37.3 Å². The number of nitrogens with zero attached hydrogens (tertiary/aromatic N) is 1. The first-order chi connectivity index (χ1) is 9.60. The van der Waals surface area contributed by atoms with Gasteiger partial charge in [-0.25, -0.2) is 0 Å². The average molecular weight is 304 g/mol. The molecule has 0 spiro atoms. The molecule has 1 unspecified atom stereocenters. The van der Waals surface area contributed by atoms with E-state index in [4.69, 9.17) is 16.9 Å². The lowest BCUT2D eigenvalue weighted by atomic mass is 10.1. The van der Waals surface area contributed by atoms with E-state index in [2.05, 4.69) is 6.07 Å². The predicted molar refractivity (Wildman–Crippen MR) is 82.9 cm³/mol. The molecule has 2 nitrogen and oxygen atoms in total. The zero-order chi connectivity index (χ0) is 14.5. The summed E-state index contributed by atoms with van der Waals surface area (Å²) >= 11 is 6.07. The van der Waals surface area contributed by atoms with Gasteiger partial charge in [-0.2, -0.15) is 5.26 Å². The lowest BCUT2D eigenvalue weighted by Gasteiger charge is -2.07. The second-order valence-corrected chi connectivity index (χ2v) is 6.44. The van der Waals surface area contributed by atoms with Gasteiger partial charge in [-0.3, -0.25) is 4.21 Å². The Bertz CT molecular complexity index is 691. The van der Waals surface area contributed by atoms with Crippen molar-refractivity contribution < 1.29 is 4.21 Å². The third-order valence-corrected chi connectivity index (χ3v) is 4.70. The van der Waals surface area contributed by atoms with Crippen molar-refractivity contribution in [3.05, 3.63) is 69.7 Å². The van der Waals surface area contributed by atoms with Crippen LogP contribution in [0.4, 0.5) is 0 Å². The largest absolute Gasteiger partial charge is 0.259 e. The van der Waals surface area contributed by atoms with Gasteiger partial charge in [-0.15, -0.1) is 0 Å². The van der Waals surface area contributed by atoms with Crippen molar-refractivity contribution >= 4 is 22.4 Å². The Morgan fingerprint density at radius 2 is 1.85 bits per heavy atom. The Kier molecular flexibility index (Phi) is 4.94. The summed E-state index contributed by atoms with van der Waals surface area (Å²) in [6.45, 7) is 1.93. The van der Waals surface area contributed by atoms with Crippen molar-refractivity contribution in [1.82, 2.24) is 0 Å². The van der Waals surface area contributed by atoms with Gasteiger partial charge in [0, 0.05) is 21.6 Å². The number of benzene rings is 2. The van der Waals surface area contributed by atoms with Crippen LogP contribution in [0.5, 0.6) is 0 Å².